The van der Waals surface area contributed by atoms with Crippen molar-refractivity contribution in [2.45, 2.75) is 6.54 Å². The summed E-state index contributed by atoms with van der Waals surface area (Å²) in [6.07, 6.45) is 4.38. The quantitative estimate of drug-likeness (QED) is 0.874. The van der Waals surface area contributed by atoms with Crippen molar-refractivity contribution in [2.24, 2.45) is 0 Å². The third kappa shape index (κ3) is 4.74. The topological polar surface area (TPSA) is 56.7 Å². The van der Waals surface area contributed by atoms with Gasteiger partial charge < -0.3 is 5.11 Å². The number of nitrogens with zero attached hydrogens (tertiary/aromatic N) is 3. The van der Waals surface area contributed by atoms with Gasteiger partial charge in [-0.25, -0.2) is 9.78 Å². The van der Waals surface area contributed by atoms with Crippen molar-refractivity contribution in [2.75, 3.05) is 32.7 Å². The maximum atomic E-state index is 10.9. The van der Waals surface area contributed by atoms with Crippen molar-refractivity contribution < 1.29 is 9.90 Å². The van der Waals surface area contributed by atoms with Crippen LogP contribution in [0, 0.1) is 0 Å². The molecule has 0 amide bonds. The Bertz CT molecular complexity index is 691. The Labute approximate surface area is 145 Å². The van der Waals surface area contributed by atoms with E-state index in [0.717, 1.165) is 44.3 Å². The van der Waals surface area contributed by atoms with Gasteiger partial charge in [-0.1, -0.05) is 42.5 Å². The van der Waals surface area contributed by atoms with Crippen molar-refractivity contribution in [3.8, 4) is 0 Å². The Kier molecular flexibility index (Phi) is 5.74. The predicted molar refractivity (Wildman–Crippen MR) is 96.3 cm³/mol. The zero-order valence-electron chi connectivity index (χ0n) is 13.5. The number of carbonyl (C=O) groups is 1. The van der Waals surface area contributed by atoms with Crippen LogP contribution in [-0.2, 0) is 6.54 Å². The molecule has 1 aliphatic rings. The Morgan fingerprint density at radius 3 is 2.54 bits per heavy atom. The zero-order chi connectivity index (χ0) is 16.8. The lowest BCUT2D eigenvalue weighted by molar-refractivity contribution is 0.0690. The number of piperazine rings is 1. The fraction of sp³-hybridized carbons (Fsp3) is 0.333. The lowest BCUT2D eigenvalue weighted by Crippen LogP contribution is -2.45. The number of hydrogen-bond acceptors (Lipinski definition) is 5. The lowest BCUT2D eigenvalue weighted by Gasteiger charge is -2.33. The number of hydrogen-bond donors (Lipinski definition) is 1. The highest BCUT2D eigenvalue weighted by Crippen LogP contribution is 2.14. The minimum atomic E-state index is -0.951. The normalized spacial score (nSPS) is 16.7. The molecular formula is C18H21N3O2S. The van der Waals surface area contributed by atoms with Gasteiger partial charge >= 0.3 is 5.97 Å². The second-order valence-corrected chi connectivity index (χ2v) is 6.76. The molecule has 0 atom stereocenters. The summed E-state index contributed by atoms with van der Waals surface area (Å²) in [7, 11) is 0. The molecule has 0 unspecified atom stereocenters. The summed E-state index contributed by atoms with van der Waals surface area (Å²) in [5.74, 6) is -0.951. The molecule has 2 heterocycles. The van der Waals surface area contributed by atoms with Crippen molar-refractivity contribution in [3.63, 3.8) is 0 Å². The van der Waals surface area contributed by atoms with Crippen LogP contribution in [-0.4, -0.2) is 58.6 Å². The molecule has 126 valence electrons. The van der Waals surface area contributed by atoms with E-state index in [9.17, 15) is 4.79 Å². The molecule has 6 heteroatoms. The average molecular weight is 343 g/mol. The summed E-state index contributed by atoms with van der Waals surface area (Å²) >= 11 is 1.43. The van der Waals surface area contributed by atoms with Crippen LogP contribution in [0.5, 0.6) is 0 Å². The van der Waals surface area contributed by atoms with Crippen molar-refractivity contribution >= 4 is 23.4 Å². The Morgan fingerprint density at radius 1 is 1.17 bits per heavy atom. The molecular weight excluding hydrogens is 322 g/mol. The zero-order valence-corrected chi connectivity index (χ0v) is 14.3. The van der Waals surface area contributed by atoms with E-state index in [1.807, 2.05) is 18.2 Å². The minimum Gasteiger partial charge on any atom is -0.476 e. The van der Waals surface area contributed by atoms with E-state index in [1.165, 1.54) is 16.9 Å². The van der Waals surface area contributed by atoms with Crippen LogP contribution in [0.3, 0.4) is 0 Å². The first-order valence-corrected chi connectivity index (χ1v) is 8.92. The number of carboxylic acids is 1. The molecule has 0 radical (unpaired) electrons. The first-order chi connectivity index (χ1) is 11.7. The lowest BCUT2D eigenvalue weighted by atomic mass is 10.2. The van der Waals surface area contributed by atoms with Gasteiger partial charge in [0.15, 0.2) is 5.69 Å². The largest absolute Gasteiger partial charge is 0.476 e. The van der Waals surface area contributed by atoms with Crippen molar-refractivity contribution in [1.82, 2.24) is 14.8 Å². The molecule has 1 aromatic heterocycles. The van der Waals surface area contributed by atoms with Crippen LogP contribution in [0.4, 0.5) is 0 Å². The summed E-state index contributed by atoms with van der Waals surface area (Å²) in [6, 6.07) is 10.3. The van der Waals surface area contributed by atoms with Crippen LogP contribution in [0.2, 0.25) is 0 Å². The van der Waals surface area contributed by atoms with Gasteiger partial charge in [0.1, 0.15) is 5.01 Å². The maximum absolute atomic E-state index is 10.9. The van der Waals surface area contributed by atoms with Gasteiger partial charge in [0.2, 0.25) is 0 Å². The molecule has 1 aromatic carbocycles. The fourth-order valence-corrected chi connectivity index (χ4v) is 3.51. The van der Waals surface area contributed by atoms with Gasteiger partial charge in [0.25, 0.3) is 0 Å². The van der Waals surface area contributed by atoms with E-state index in [4.69, 9.17) is 5.11 Å². The highest BCUT2D eigenvalue weighted by molar-refractivity contribution is 7.09. The first kappa shape index (κ1) is 16.8. The molecule has 1 saturated heterocycles. The summed E-state index contributed by atoms with van der Waals surface area (Å²) in [4.78, 5) is 19.8. The monoisotopic (exact) mass is 343 g/mol. The first-order valence-electron chi connectivity index (χ1n) is 8.05. The van der Waals surface area contributed by atoms with E-state index < -0.39 is 5.97 Å². The molecule has 3 rings (SSSR count). The number of aromatic nitrogens is 1. The third-order valence-corrected chi connectivity index (χ3v) is 4.90. The predicted octanol–water partition coefficient (Wildman–Crippen LogP) is 2.67. The van der Waals surface area contributed by atoms with E-state index in [0.29, 0.717) is 0 Å². The van der Waals surface area contributed by atoms with Crippen LogP contribution >= 0.6 is 11.3 Å². The third-order valence-electron chi connectivity index (χ3n) is 4.07. The van der Waals surface area contributed by atoms with Gasteiger partial charge in [0, 0.05) is 38.1 Å². The maximum Gasteiger partial charge on any atom is 0.355 e. The second-order valence-electron chi connectivity index (χ2n) is 5.82. The summed E-state index contributed by atoms with van der Waals surface area (Å²) in [5.41, 5.74) is 1.38. The second kappa shape index (κ2) is 8.19. The van der Waals surface area contributed by atoms with E-state index >= 15 is 0 Å². The molecule has 1 N–H and O–H groups in total. The molecule has 0 saturated carbocycles. The Morgan fingerprint density at radius 2 is 1.88 bits per heavy atom. The molecule has 5 nitrogen and oxygen atoms in total. The summed E-state index contributed by atoms with van der Waals surface area (Å²) in [5, 5.41) is 11.4. The smallest absolute Gasteiger partial charge is 0.355 e. The number of carboxylic acid groups (broad SMARTS) is 1. The molecule has 0 aliphatic carbocycles. The molecule has 0 spiro atoms. The van der Waals surface area contributed by atoms with Crippen LogP contribution < -0.4 is 0 Å². The van der Waals surface area contributed by atoms with E-state index in [1.54, 1.807) is 5.38 Å². The Balaban J connectivity index is 1.42. The molecule has 1 aliphatic heterocycles. The van der Waals surface area contributed by atoms with Gasteiger partial charge in [-0.05, 0) is 5.56 Å². The van der Waals surface area contributed by atoms with E-state index in [-0.39, 0.29) is 5.69 Å². The van der Waals surface area contributed by atoms with Crippen LogP contribution in [0.1, 0.15) is 21.1 Å². The SMILES string of the molecule is O=C(O)c1csc(CN2CCN(C/C=C/c3ccccc3)CC2)n1. The summed E-state index contributed by atoms with van der Waals surface area (Å²) in [6.45, 7) is 5.73. The number of rotatable bonds is 6. The minimum absolute atomic E-state index is 0.152. The average Bonchev–Trinajstić information content (AvgIpc) is 3.06. The van der Waals surface area contributed by atoms with Gasteiger partial charge in [-0.2, -0.15) is 0 Å². The number of benzene rings is 1. The van der Waals surface area contributed by atoms with E-state index in [2.05, 4.69) is 39.1 Å². The number of aromatic carboxylic acids is 1. The van der Waals surface area contributed by atoms with Crippen LogP contribution in [0.25, 0.3) is 6.08 Å². The van der Waals surface area contributed by atoms with Gasteiger partial charge in [-0.15, -0.1) is 11.3 Å². The van der Waals surface area contributed by atoms with Crippen molar-refractivity contribution in [3.05, 3.63) is 58.1 Å². The molecule has 24 heavy (non-hydrogen) atoms. The standard InChI is InChI=1S/C18H21N3O2S/c22-18(23)16-14-24-17(19-16)13-21-11-9-20(10-12-21)8-4-7-15-5-2-1-3-6-15/h1-7,14H,8-13H2,(H,22,23)/b7-4+. The summed E-state index contributed by atoms with van der Waals surface area (Å²) < 4.78 is 0. The highest BCUT2D eigenvalue weighted by atomic mass is 32.1. The molecule has 1 fully saturated rings. The molecule has 0 bridgehead atoms. The molecule has 2 aromatic rings. The Hall–Kier alpha value is -2.02. The number of thiazole rings is 1. The fourth-order valence-electron chi connectivity index (χ4n) is 2.71. The van der Waals surface area contributed by atoms with Gasteiger partial charge in [-0.3, -0.25) is 9.80 Å². The highest BCUT2D eigenvalue weighted by Gasteiger charge is 2.18. The van der Waals surface area contributed by atoms with Crippen LogP contribution in [0.15, 0.2) is 41.8 Å². The van der Waals surface area contributed by atoms with Gasteiger partial charge in [0.05, 0.1) is 6.54 Å². The van der Waals surface area contributed by atoms with Crippen molar-refractivity contribution in [1.29, 1.82) is 0 Å².